The summed E-state index contributed by atoms with van der Waals surface area (Å²) in [6.07, 6.45) is 0. The molecule has 0 atom stereocenters. The fraction of sp³-hybridized carbons (Fsp3) is 0.500. The molecule has 1 rings (SSSR count). The molecule has 0 radical (unpaired) electrons. The molecule has 0 aliphatic carbocycles. The molecule has 0 aromatic heterocycles. The molecule has 0 saturated heterocycles. The summed E-state index contributed by atoms with van der Waals surface area (Å²) < 4.78 is 0. The van der Waals surface area contributed by atoms with Gasteiger partial charge in [-0.2, -0.15) is 0 Å². The van der Waals surface area contributed by atoms with Crippen molar-refractivity contribution in [3.8, 4) is 0 Å². The molecule has 0 heterocycles. The number of carbonyl (C=O) groups excluding carboxylic acids is 1. The van der Waals surface area contributed by atoms with Crippen molar-refractivity contribution in [2.24, 2.45) is 0 Å². The van der Waals surface area contributed by atoms with E-state index in [2.05, 4.69) is 10.6 Å². The van der Waals surface area contributed by atoms with Crippen LogP contribution in [0, 0.1) is 6.92 Å². The van der Waals surface area contributed by atoms with Crippen molar-refractivity contribution in [3.63, 3.8) is 0 Å². The summed E-state index contributed by atoms with van der Waals surface area (Å²) in [5.74, 6) is -0.0302. The van der Waals surface area contributed by atoms with E-state index < -0.39 is 0 Å². The van der Waals surface area contributed by atoms with Crippen molar-refractivity contribution in [2.45, 2.75) is 40.2 Å². The lowest BCUT2D eigenvalue weighted by molar-refractivity contribution is -0.122. The van der Waals surface area contributed by atoms with Crippen molar-refractivity contribution in [3.05, 3.63) is 29.8 Å². The molecule has 1 aromatic rings. The highest BCUT2D eigenvalue weighted by Gasteiger charge is 2.17. The van der Waals surface area contributed by atoms with E-state index >= 15 is 0 Å². The Bertz CT molecular complexity index is 491. The first-order chi connectivity index (χ1) is 9.71. The lowest BCUT2D eigenvalue weighted by atomic mass is 10.1. The zero-order valence-corrected chi connectivity index (χ0v) is 14.3. The van der Waals surface area contributed by atoms with E-state index in [9.17, 15) is 4.79 Å². The summed E-state index contributed by atoms with van der Waals surface area (Å²) in [6.45, 7) is 10.8. The van der Waals surface area contributed by atoms with E-state index in [0.717, 1.165) is 5.69 Å². The third-order valence-electron chi connectivity index (χ3n) is 2.82. The molecule has 0 fully saturated rings. The lowest BCUT2D eigenvalue weighted by Gasteiger charge is -2.27. The van der Waals surface area contributed by atoms with Crippen LogP contribution in [0.2, 0.25) is 0 Å². The molecule has 4 nitrogen and oxygen atoms in total. The van der Waals surface area contributed by atoms with Gasteiger partial charge in [-0.15, -0.1) is 0 Å². The van der Waals surface area contributed by atoms with Gasteiger partial charge in [-0.05, 0) is 59.0 Å². The summed E-state index contributed by atoms with van der Waals surface area (Å²) in [6, 6.07) is 8.00. The Morgan fingerprint density at radius 2 is 1.81 bits per heavy atom. The fourth-order valence-corrected chi connectivity index (χ4v) is 2.11. The van der Waals surface area contributed by atoms with E-state index in [1.165, 1.54) is 5.56 Å². The van der Waals surface area contributed by atoms with E-state index in [4.69, 9.17) is 12.2 Å². The van der Waals surface area contributed by atoms with Crippen molar-refractivity contribution >= 4 is 28.9 Å². The van der Waals surface area contributed by atoms with Gasteiger partial charge in [0.25, 0.3) is 0 Å². The molecule has 1 aromatic carbocycles. The number of rotatable bonds is 4. The van der Waals surface area contributed by atoms with Crippen molar-refractivity contribution < 1.29 is 4.79 Å². The summed E-state index contributed by atoms with van der Waals surface area (Å²) in [5, 5.41) is 6.67. The molecular formula is C16H25N3OS. The topological polar surface area (TPSA) is 44.4 Å². The molecule has 1 amide bonds. The average molecular weight is 307 g/mol. The number of thiocarbonyl (C=S) groups is 1. The Labute approximate surface area is 132 Å². The normalized spacial score (nSPS) is 10.9. The quantitative estimate of drug-likeness (QED) is 0.840. The van der Waals surface area contributed by atoms with Crippen LogP contribution in [0.5, 0.6) is 0 Å². The first-order valence-electron chi connectivity index (χ1n) is 7.15. The number of nitrogens with zero attached hydrogens (tertiary/aromatic N) is 1. The minimum Gasteiger partial charge on any atom is -0.350 e. The van der Waals surface area contributed by atoms with E-state index in [1.807, 2.05) is 63.8 Å². The number of hydrogen-bond acceptors (Lipinski definition) is 2. The highest BCUT2D eigenvalue weighted by molar-refractivity contribution is 7.80. The standard InChI is InChI=1S/C16H25N3OS/c1-6-19(11-14(20)18-16(3,4)5)15(21)17-13-9-7-12(2)8-10-13/h7-10H,6,11H2,1-5H3,(H,17,21)(H,18,20). The number of hydrogen-bond donors (Lipinski definition) is 2. The smallest absolute Gasteiger partial charge is 0.240 e. The van der Waals surface area contributed by atoms with Gasteiger partial charge in [-0.25, -0.2) is 0 Å². The van der Waals surface area contributed by atoms with Crippen LogP contribution in [-0.4, -0.2) is 34.5 Å². The van der Waals surface area contributed by atoms with Crippen LogP contribution in [0.3, 0.4) is 0 Å². The predicted molar refractivity (Wildman–Crippen MR) is 92.5 cm³/mol. The number of likely N-dealkylation sites (N-methyl/N-ethyl adjacent to an activating group) is 1. The van der Waals surface area contributed by atoms with Crippen LogP contribution in [0.15, 0.2) is 24.3 Å². The highest BCUT2D eigenvalue weighted by Crippen LogP contribution is 2.10. The van der Waals surface area contributed by atoms with Gasteiger partial charge >= 0.3 is 0 Å². The maximum Gasteiger partial charge on any atom is 0.240 e. The molecule has 0 aliphatic heterocycles. The van der Waals surface area contributed by atoms with Gasteiger partial charge in [0, 0.05) is 17.8 Å². The molecule has 0 aliphatic rings. The maximum absolute atomic E-state index is 12.0. The van der Waals surface area contributed by atoms with Crippen LogP contribution >= 0.6 is 12.2 Å². The molecule has 0 spiro atoms. The molecule has 21 heavy (non-hydrogen) atoms. The number of carbonyl (C=O) groups is 1. The average Bonchev–Trinajstić information content (AvgIpc) is 2.36. The van der Waals surface area contributed by atoms with Gasteiger partial charge in [0.15, 0.2) is 5.11 Å². The van der Waals surface area contributed by atoms with Gasteiger partial charge in [-0.1, -0.05) is 17.7 Å². The minimum absolute atomic E-state index is 0.0302. The second kappa shape index (κ2) is 7.41. The Morgan fingerprint density at radius 3 is 2.29 bits per heavy atom. The number of nitrogens with one attached hydrogen (secondary N) is 2. The van der Waals surface area contributed by atoms with Crippen LogP contribution < -0.4 is 10.6 Å². The SMILES string of the molecule is CCN(CC(=O)NC(C)(C)C)C(=S)Nc1ccc(C)cc1. The number of amides is 1. The first kappa shape index (κ1) is 17.4. The maximum atomic E-state index is 12.0. The Kier molecular flexibility index (Phi) is 6.15. The van der Waals surface area contributed by atoms with E-state index in [0.29, 0.717) is 11.7 Å². The minimum atomic E-state index is -0.234. The predicted octanol–water partition coefficient (Wildman–Crippen LogP) is 2.93. The van der Waals surface area contributed by atoms with Crippen LogP contribution in [0.1, 0.15) is 33.3 Å². The zero-order chi connectivity index (χ0) is 16.0. The largest absolute Gasteiger partial charge is 0.350 e. The van der Waals surface area contributed by atoms with Gasteiger partial charge in [0.2, 0.25) is 5.91 Å². The van der Waals surface area contributed by atoms with Crippen LogP contribution in [0.4, 0.5) is 5.69 Å². The Hall–Kier alpha value is -1.62. The van der Waals surface area contributed by atoms with Crippen LogP contribution in [0.25, 0.3) is 0 Å². The van der Waals surface area contributed by atoms with Crippen LogP contribution in [-0.2, 0) is 4.79 Å². The third kappa shape index (κ3) is 6.58. The number of aryl methyl sites for hydroxylation is 1. The van der Waals surface area contributed by atoms with Crippen molar-refractivity contribution in [2.75, 3.05) is 18.4 Å². The summed E-state index contributed by atoms with van der Waals surface area (Å²) in [7, 11) is 0. The van der Waals surface area contributed by atoms with Gasteiger partial charge in [-0.3, -0.25) is 4.79 Å². The molecule has 116 valence electrons. The van der Waals surface area contributed by atoms with Gasteiger partial charge < -0.3 is 15.5 Å². The van der Waals surface area contributed by atoms with Crippen molar-refractivity contribution in [1.29, 1.82) is 0 Å². The number of anilines is 1. The van der Waals surface area contributed by atoms with E-state index in [1.54, 1.807) is 0 Å². The Morgan fingerprint density at radius 1 is 1.24 bits per heavy atom. The van der Waals surface area contributed by atoms with Gasteiger partial charge in [0.05, 0.1) is 6.54 Å². The summed E-state index contributed by atoms with van der Waals surface area (Å²) in [5.41, 5.74) is 1.89. The van der Waals surface area contributed by atoms with E-state index in [-0.39, 0.29) is 18.0 Å². The molecule has 0 saturated carbocycles. The molecule has 0 unspecified atom stereocenters. The first-order valence-corrected chi connectivity index (χ1v) is 7.55. The monoisotopic (exact) mass is 307 g/mol. The lowest BCUT2D eigenvalue weighted by Crippen LogP contribution is -2.48. The summed E-state index contributed by atoms with van der Waals surface area (Å²) >= 11 is 5.38. The fourth-order valence-electron chi connectivity index (χ4n) is 1.80. The van der Waals surface area contributed by atoms with Crippen molar-refractivity contribution in [1.82, 2.24) is 10.2 Å². The number of benzene rings is 1. The van der Waals surface area contributed by atoms with Gasteiger partial charge in [0.1, 0.15) is 0 Å². The molecule has 5 heteroatoms. The molecule has 0 bridgehead atoms. The second-order valence-corrected chi connectivity index (χ2v) is 6.50. The molecule has 2 N–H and O–H groups in total. The zero-order valence-electron chi connectivity index (χ0n) is 13.5. The Balaban J connectivity index is 2.61. The second-order valence-electron chi connectivity index (χ2n) is 6.11. The molecular weight excluding hydrogens is 282 g/mol. The highest BCUT2D eigenvalue weighted by atomic mass is 32.1. The summed E-state index contributed by atoms with van der Waals surface area (Å²) in [4.78, 5) is 13.8. The third-order valence-corrected chi connectivity index (χ3v) is 3.18.